The molecule has 0 heterocycles. The SMILES string of the molecule is CCC1(OC(=O)COC=O)CC(C)(C)C2CCC1C2. The van der Waals surface area contributed by atoms with Crippen molar-refractivity contribution in [1.82, 2.24) is 0 Å². The molecule has 19 heavy (non-hydrogen) atoms. The molecule has 0 aliphatic heterocycles. The van der Waals surface area contributed by atoms with E-state index in [1.54, 1.807) is 0 Å². The Labute approximate surface area is 114 Å². The van der Waals surface area contributed by atoms with Crippen LogP contribution in [0.3, 0.4) is 0 Å². The molecule has 0 saturated heterocycles. The maximum Gasteiger partial charge on any atom is 0.344 e. The second-order valence-electron chi connectivity index (χ2n) is 6.67. The fourth-order valence-electron chi connectivity index (χ4n) is 4.19. The highest BCUT2D eigenvalue weighted by atomic mass is 16.6. The number of fused-ring (bicyclic) bond motifs is 2. The molecule has 0 spiro atoms. The molecule has 2 saturated carbocycles. The van der Waals surface area contributed by atoms with E-state index in [9.17, 15) is 9.59 Å². The second-order valence-corrected chi connectivity index (χ2v) is 6.67. The third-order valence-electron chi connectivity index (χ3n) is 5.22. The molecule has 0 aromatic heterocycles. The van der Waals surface area contributed by atoms with Gasteiger partial charge in [-0.1, -0.05) is 20.8 Å². The predicted octanol–water partition coefficient (Wildman–Crippen LogP) is 2.70. The molecule has 2 bridgehead atoms. The molecule has 2 fully saturated rings. The van der Waals surface area contributed by atoms with Crippen molar-refractivity contribution in [2.45, 2.75) is 58.5 Å². The van der Waals surface area contributed by atoms with E-state index in [1.807, 2.05) is 0 Å². The summed E-state index contributed by atoms with van der Waals surface area (Å²) in [4.78, 5) is 22.0. The molecule has 4 heteroatoms. The average Bonchev–Trinajstić information content (AvgIpc) is 2.82. The summed E-state index contributed by atoms with van der Waals surface area (Å²) in [5, 5.41) is 0. The van der Waals surface area contributed by atoms with E-state index in [0.717, 1.165) is 31.6 Å². The standard InChI is InChI=1S/C15H24O4/c1-4-15(19-13(17)8-18-10-16)9-14(2,3)11-5-6-12(15)7-11/h10-12H,4-9H2,1-3H3. The minimum atomic E-state index is -0.421. The summed E-state index contributed by atoms with van der Waals surface area (Å²) in [6.45, 7) is 6.65. The highest BCUT2D eigenvalue weighted by molar-refractivity contribution is 5.72. The number of esters is 1. The van der Waals surface area contributed by atoms with Crippen LogP contribution in [0.5, 0.6) is 0 Å². The molecule has 3 unspecified atom stereocenters. The Bertz CT molecular complexity index is 363. The van der Waals surface area contributed by atoms with Gasteiger partial charge in [-0.05, 0) is 49.4 Å². The zero-order valence-corrected chi connectivity index (χ0v) is 12.1. The van der Waals surface area contributed by atoms with Gasteiger partial charge in [-0.2, -0.15) is 0 Å². The first-order valence-electron chi connectivity index (χ1n) is 7.20. The van der Waals surface area contributed by atoms with Crippen molar-refractivity contribution in [3.63, 3.8) is 0 Å². The molecule has 0 aromatic carbocycles. The third-order valence-corrected chi connectivity index (χ3v) is 5.22. The fraction of sp³-hybridized carbons (Fsp3) is 0.867. The van der Waals surface area contributed by atoms with Crippen molar-refractivity contribution in [1.29, 1.82) is 0 Å². The summed E-state index contributed by atoms with van der Waals surface area (Å²) in [5.41, 5.74) is -0.144. The van der Waals surface area contributed by atoms with Crippen LogP contribution in [0.15, 0.2) is 0 Å². The Hall–Kier alpha value is -1.06. The van der Waals surface area contributed by atoms with Gasteiger partial charge < -0.3 is 9.47 Å². The smallest absolute Gasteiger partial charge is 0.344 e. The lowest BCUT2D eigenvalue weighted by Gasteiger charge is -2.48. The number of ether oxygens (including phenoxy) is 2. The predicted molar refractivity (Wildman–Crippen MR) is 70.4 cm³/mol. The molecule has 108 valence electrons. The summed E-state index contributed by atoms with van der Waals surface area (Å²) in [6, 6.07) is 0. The van der Waals surface area contributed by atoms with Crippen LogP contribution >= 0.6 is 0 Å². The first kappa shape index (κ1) is 14.4. The topological polar surface area (TPSA) is 52.6 Å². The molecule has 0 radical (unpaired) electrons. The largest absolute Gasteiger partial charge is 0.456 e. The number of rotatable bonds is 5. The van der Waals surface area contributed by atoms with E-state index < -0.39 is 5.97 Å². The quantitative estimate of drug-likeness (QED) is 0.568. The van der Waals surface area contributed by atoms with Crippen molar-refractivity contribution in [3.8, 4) is 0 Å². The molecule has 4 nitrogen and oxygen atoms in total. The van der Waals surface area contributed by atoms with Crippen molar-refractivity contribution in [2.75, 3.05) is 6.61 Å². The monoisotopic (exact) mass is 268 g/mol. The van der Waals surface area contributed by atoms with E-state index >= 15 is 0 Å². The van der Waals surface area contributed by atoms with Crippen LogP contribution in [-0.4, -0.2) is 24.6 Å². The molecule has 0 aromatic rings. The Balaban J connectivity index is 2.12. The highest BCUT2D eigenvalue weighted by Gasteiger charge is 2.55. The molecule has 2 aliphatic rings. The van der Waals surface area contributed by atoms with Crippen LogP contribution in [-0.2, 0) is 19.1 Å². The lowest BCUT2D eigenvalue weighted by atomic mass is 9.62. The van der Waals surface area contributed by atoms with Crippen LogP contribution in [0, 0.1) is 17.3 Å². The molecular weight excluding hydrogens is 244 g/mol. The summed E-state index contributed by atoms with van der Waals surface area (Å²) in [6.07, 6.45) is 5.29. The number of carbonyl (C=O) groups excluding carboxylic acids is 2. The lowest BCUT2D eigenvalue weighted by molar-refractivity contribution is -0.183. The average molecular weight is 268 g/mol. The zero-order chi connectivity index (χ0) is 14.1. The van der Waals surface area contributed by atoms with Gasteiger partial charge >= 0.3 is 5.97 Å². The molecule has 2 aliphatic carbocycles. The van der Waals surface area contributed by atoms with Crippen molar-refractivity contribution < 1.29 is 19.1 Å². The maximum atomic E-state index is 11.8. The molecule has 2 rings (SSSR count). The Morgan fingerprint density at radius 2 is 2.00 bits per heavy atom. The minimum absolute atomic E-state index is 0.217. The van der Waals surface area contributed by atoms with Gasteiger partial charge in [0.2, 0.25) is 0 Å². The fourth-order valence-corrected chi connectivity index (χ4v) is 4.19. The summed E-state index contributed by atoms with van der Waals surface area (Å²) in [5.74, 6) is 0.799. The van der Waals surface area contributed by atoms with E-state index in [0.29, 0.717) is 5.92 Å². The Morgan fingerprint density at radius 1 is 1.32 bits per heavy atom. The van der Waals surface area contributed by atoms with Crippen LogP contribution in [0.1, 0.15) is 52.9 Å². The lowest BCUT2D eigenvalue weighted by Crippen LogP contribution is -2.49. The van der Waals surface area contributed by atoms with Crippen LogP contribution < -0.4 is 0 Å². The van der Waals surface area contributed by atoms with Gasteiger partial charge in [-0.15, -0.1) is 0 Å². The first-order valence-corrected chi connectivity index (χ1v) is 7.20. The van der Waals surface area contributed by atoms with Crippen molar-refractivity contribution in [2.24, 2.45) is 17.3 Å². The molecular formula is C15H24O4. The van der Waals surface area contributed by atoms with Crippen LogP contribution in [0.4, 0.5) is 0 Å². The highest BCUT2D eigenvalue weighted by Crippen LogP contribution is 2.58. The van der Waals surface area contributed by atoms with Crippen molar-refractivity contribution in [3.05, 3.63) is 0 Å². The van der Waals surface area contributed by atoms with E-state index in [2.05, 4.69) is 25.5 Å². The van der Waals surface area contributed by atoms with E-state index in [-0.39, 0.29) is 24.1 Å². The number of hydrogen-bond acceptors (Lipinski definition) is 4. The third kappa shape index (κ3) is 2.63. The van der Waals surface area contributed by atoms with Gasteiger partial charge in [0.1, 0.15) is 5.60 Å². The van der Waals surface area contributed by atoms with Crippen molar-refractivity contribution >= 4 is 12.4 Å². The summed E-state index contributed by atoms with van der Waals surface area (Å²) >= 11 is 0. The van der Waals surface area contributed by atoms with E-state index in [4.69, 9.17) is 4.74 Å². The van der Waals surface area contributed by atoms with Crippen LogP contribution in [0.2, 0.25) is 0 Å². The van der Waals surface area contributed by atoms with Gasteiger partial charge in [0, 0.05) is 0 Å². The summed E-state index contributed by atoms with van der Waals surface area (Å²) in [7, 11) is 0. The second kappa shape index (κ2) is 5.14. The zero-order valence-electron chi connectivity index (χ0n) is 12.1. The Morgan fingerprint density at radius 3 is 2.63 bits per heavy atom. The van der Waals surface area contributed by atoms with Crippen LogP contribution in [0.25, 0.3) is 0 Å². The number of hydrogen-bond donors (Lipinski definition) is 0. The normalized spacial score (nSPS) is 35.7. The van der Waals surface area contributed by atoms with Gasteiger partial charge in [0.25, 0.3) is 6.47 Å². The molecule has 0 amide bonds. The Kier molecular flexibility index (Phi) is 3.88. The van der Waals surface area contributed by atoms with Gasteiger partial charge in [-0.3, -0.25) is 4.79 Å². The maximum absolute atomic E-state index is 11.8. The summed E-state index contributed by atoms with van der Waals surface area (Å²) < 4.78 is 10.3. The van der Waals surface area contributed by atoms with E-state index in [1.165, 1.54) is 6.42 Å². The molecule has 3 atom stereocenters. The first-order chi connectivity index (χ1) is 8.93. The van der Waals surface area contributed by atoms with Gasteiger partial charge in [0.15, 0.2) is 6.61 Å². The molecule has 0 N–H and O–H groups in total. The minimum Gasteiger partial charge on any atom is -0.456 e. The van der Waals surface area contributed by atoms with Gasteiger partial charge in [-0.25, -0.2) is 4.79 Å². The number of carbonyl (C=O) groups is 2. The van der Waals surface area contributed by atoms with Gasteiger partial charge in [0.05, 0.1) is 0 Å².